The number of ether oxygens (including phenoxy) is 1. The summed E-state index contributed by atoms with van der Waals surface area (Å²) in [5.41, 5.74) is 2.01. The topological polar surface area (TPSA) is 42.7 Å². The van der Waals surface area contributed by atoms with E-state index in [4.69, 9.17) is 9.15 Å². The first-order chi connectivity index (χ1) is 12.8. The predicted molar refractivity (Wildman–Crippen MR) is 113 cm³/mol. The number of piperidine rings is 1. The largest absolute Gasteiger partial charge is 0.496 e. The lowest BCUT2D eigenvalue weighted by atomic mass is 10.1. The van der Waals surface area contributed by atoms with Crippen LogP contribution < -0.4 is 10.2 Å². The highest BCUT2D eigenvalue weighted by molar-refractivity contribution is 5.95. The van der Waals surface area contributed by atoms with E-state index in [-0.39, 0.29) is 17.8 Å². The van der Waals surface area contributed by atoms with E-state index in [0.29, 0.717) is 27.7 Å². The summed E-state index contributed by atoms with van der Waals surface area (Å²) >= 11 is 0. The standard InChI is InChI=1S/C22H23NO3.ClH/c1-25-19-12-11-18-21(24)16-8-3-4-10-20(16)26-22(18)17(19)9-7-15-23-13-5-2-6-14-23;/h3-4,7-12H,2,5-6,13-15H2,1H3;1H/b9-7-;. The van der Waals surface area contributed by atoms with Crippen molar-refractivity contribution in [1.29, 1.82) is 0 Å². The van der Waals surface area contributed by atoms with Crippen LogP contribution in [0.3, 0.4) is 0 Å². The fourth-order valence-electron chi connectivity index (χ4n) is 3.67. The summed E-state index contributed by atoms with van der Waals surface area (Å²) in [4.78, 5) is 15.3. The highest BCUT2D eigenvalue weighted by atomic mass is 35.5. The van der Waals surface area contributed by atoms with Crippen LogP contribution in [0.5, 0.6) is 5.75 Å². The molecule has 1 aromatic heterocycles. The van der Waals surface area contributed by atoms with Gasteiger partial charge in [-0.1, -0.05) is 30.7 Å². The number of nitrogens with zero attached hydrogens (tertiary/aromatic N) is 1. The number of hydrogen-bond donors (Lipinski definition) is 0. The third kappa shape index (κ3) is 3.87. The third-order valence-corrected chi connectivity index (χ3v) is 5.06. The number of halogens is 1. The highest BCUT2D eigenvalue weighted by Gasteiger charge is 2.14. The number of methoxy groups -OCH3 is 1. The average Bonchev–Trinajstić information content (AvgIpc) is 2.69. The molecule has 1 fully saturated rings. The second-order valence-corrected chi connectivity index (χ2v) is 6.75. The molecule has 2 aromatic carbocycles. The van der Waals surface area contributed by atoms with Crippen LogP contribution in [-0.4, -0.2) is 31.6 Å². The van der Waals surface area contributed by atoms with E-state index in [0.717, 1.165) is 25.2 Å². The maximum atomic E-state index is 12.8. The molecule has 1 saturated heterocycles. The molecule has 0 amide bonds. The Morgan fingerprint density at radius 1 is 1.07 bits per heavy atom. The van der Waals surface area contributed by atoms with Crippen LogP contribution in [0.25, 0.3) is 28.0 Å². The quantitative estimate of drug-likeness (QED) is 0.600. The van der Waals surface area contributed by atoms with Gasteiger partial charge in [-0.05, 0) is 50.2 Å². The zero-order valence-corrected chi connectivity index (χ0v) is 16.3. The Bertz CT molecular complexity index is 1020. The normalized spacial score (nSPS) is 15.3. The summed E-state index contributed by atoms with van der Waals surface area (Å²) in [5.74, 6) is 0.714. The van der Waals surface area contributed by atoms with Crippen LogP contribution in [0.4, 0.5) is 0 Å². The Labute approximate surface area is 164 Å². The molecule has 142 valence electrons. The van der Waals surface area contributed by atoms with Crippen molar-refractivity contribution in [2.45, 2.75) is 19.3 Å². The molecule has 4 nitrogen and oxygen atoms in total. The average molecular weight is 386 g/mol. The van der Waals surface area contributed by atoms with E-state index in [1.54, 1.807) is 19.2 Å². The molecular weight excluding hydrogens is 362 g/mol. The first-order valence-electron chi connectivity index (χ1n) is 9.19. The van der Waals surface area contributed by atoms with Gasteiger partial charge >= 0.3 is 0 Å². The van der Waals surface area contributed by atoms with Crippen LogP contribution in [-0.2, 0) is 0 Å². The second kappa shape index (κ2) is 8.59. The van der Waals surface area contributed by atoms with Crippen molar-refractivity contribution in [1.82, 2.24) is 4.90 Å². The van der Waals surface area contributed by atoms with E-state index in [1.165, 1.54) is 19.3 Å². The second-order valence-electron chi connectivity index (χ2n) is 6.75. The van der Waals surface area contributed by atoms with Gasteiger partial charge in [-0.3, -0.25) is 9.69 Å². The highest BCUT2D eigenvalue weighted by Crippen LogP contribution is 2.30. The molecule has 0 unspecified atom stereocenters. The molecule has 0 spiro atoms. The molecule has 0 atom stereocenters. The molecule has 0 N–H and O–H groups in total. The fourth-order valence-corrected chi connectivity index (χ4v) is 3.67. The maximum Gasteiger partial charge on any atom is 0.200 e. The third-order valence-electron chi connectivity index (χ3n) is 5.06. The summed E-state index contributed by atoms with van der Waals surface area (Å²) in [6.07, 6.45) is 8.03. The predicted octanol–water partition coefficient (Wildman–Crippen LogP) is 4.88. The SMILES string of the molecule is COc1ccc2c(=O)c3ccccc3oc2c1/C=C\CN1CCCCC1.Cl. The number of hydrogen-bond acceptors (Lipinski definition) is 4. The fraction of sp³-hybridized carbons (Fsp3) is 0.318. The minimum atomic E-state index is -0.00446. The van der Waals surface area contributed by atoms with Gasteiger partial charge in [0, 0.05) is 6.54 Å². The van der Waals surface area contributed by atoms with Gasteiger partial charge in [0.1, 0.15) is 16.9 Å². The van der Waals surface area contributed by atoms with E-state index >= 15 is 0 Å². The molecule has 3 aromatic rings. The molecule has 0 radical (unpaired) electrons. The molecule has 0 aliphatic carbocycles. The number of para-hydroxylation sites is 1. The van der Waals surface area contributed by atoms with Gasteiger partial charge in [0.15, 0.2) is 0 Å². The Hall–Kier alpha value is -2.30. The summed E-state index contributed by atoms with van der Waals surface area (Å²) in [5, 5.41) is 1.19. The van der Waals surface area contributed by atoms with Crippen LogP contribution in [0.15, 0.2) is 51.7 Å². The van der Waals surface area contributed by atoms with Crippen molar-refractivity contribution < 1.29 is 9.15 Å². The summed E-state index contributed by atoms with van der Waals surface area (Å²) < 4.78 is 11.6. The van der Waals surface area contributed by atoms with E-state index in [1.807, 2.05) is 30.3 Å². The van der Waals surface area contributed by atoms with Gasteiger partial charge in [-0.2, -0.15) is 0 Å². The number of likely N-dealkylation sites (tertiary alicyclic amines) is 1. The summed E-state index contributed by atoms with van der Waals surface area (Å²) in [6.45, 7) is 3.20. The van der Waals surface area contributed by atoms with Crippen molar-refractivity contribution >= 4 is 40.4 Å². The first kappa shape index (κ1) is 19.5. The van der Waals surface area contributed by atoms with Gasteiger partial charge in [0.05, 0.1) is 23.4 Å². The molecule has 0 bridgehead atoms. The van der Waals surface area contributed by atoms with E-state index < -0.39 is 0 Å². The summed E-state index contributed by atoms with van der Waals surface area (Å²) in [7, 11) is 1.64. The zero-order valence-electron chi connectivity index (χ0n) is 15.4. The van der Waals surface area contributed by atoms with Crippen molar-refractivity contribution in [3.05, 3.63) is 58.3 Å². The van der Waals surface area contributed by atoms with Crippen LogP contribution in [0, 0.1) is 0 Å². The van der Waals surface area contributed by atoms with Gasteiger partial charge in [-0.15, -0.1) is 12.4 Å². The van der Waals surface area contributed by atoms with Gasteiger partial charge in [0.25, 0.3) is 0 Å². The maximum absolute atomic E-state index is 12.8. The Kier molecular flexibility index (Phi) is 6.19. The number of benzene rings is 2. The van der Waals surface area contributed by atoms with E-state index in [9.17, 15) is 4.79 Å². The van der Waals surface area contributed by atoms with Gasteiger partial charge in [0.2, 0.25) is 5.43 Å². The van der Waals surface area contributed by atoms with Crippen molar-refractivity contribution in [2.75, 3.05) is 26.7 Å². The van der Waals surface area contributed by atoms with Crippen LogP contribution in [0.1, 0.15) is 24.8 Å². The molecule has 5 heteroatoms. The Balaban J connectivity index is 0.00000210. The first-order valence-corrected chi connectivity index (χ1v) is 9.19. The van der Waals surface area contributed by atoms with Crippen molar-refractivity contribution in [3.63, 3.8) is 0 Å². The van der Waals surface area contributed by atoms with Crippen LogP contribution in [0.2, 0.25) is 0 Å². The lowest BCUT2D eigenvalue weighted by Crippen LogP contribution is -2.29. The lowest BCUT2D eigenvalue weighted by molar-refractivity contribution is 0.252. The number of fused-ring (bicyclic) bond motifs is 2. The monoisotopic (exact) mass is 385 g/mol. The molecule has 1 aliphatic rings. The van der Waals surface area contributed by atoms with Gasteiger partial charge < -0.3 is 9.15 Å². The van der Waals surface area contributed by atoms with Crippen molar-refractivity contribution in [3.8, 4) is 5.75 Å². The molecule has 2 heterocycles. The van der Waals surface area contributed by atoms with Gasteiger partial charge in [-0.25, -0.2) is 0 Å². The Morgan fingerprint density at radius 2 is 1.85 bits per heavy atom. The van der Waals surface area contributed by atoms with Crippen LogP contribution >= 0.6 is 12.4 Å². The van der Waals surface area contributed by atoms with Crippen molar-refractivity contribution in [2.24, 2.45) is 0 Å². The molecule has 4 rings (SSSR count). The lowest BCUT2D eigenvalue weighted by Gasteiger charge is -2.24. The minimum Gasteiger partial charge on any atom is -0.496 e. The minimum absolute atomic E-state index is 0. The molecule has 0 saturated carbocycles. The smallest absolute Gasteiger partial charge is 0.200 e. The zero-order chi connectivity index (χ0) is 17.9. The molecule has 27 heavy (non-hydrogen) atoms. The Morgan fingerprint density at radius 3 is 2.63 bits per heavy atom. The molecular formula is C22H24ClNO3. The summed E-state index contributed by atoms with van der Waals surface area (Å²) in [6, 6.07) is 11.0. The molecule has 1 aliphatic heterocycles. The number of rotatable bonds is 4. The van der Waals surface area contributed by atoms with E-state index in [2.05, 4.69) is 11.0 Å².